The van der Waals surface area contributed by atoms with Crippen LogP contribution in [0.5, 0.6) is 0 Å². The van der Waals surface area contributed by atoms with E-state index >= 15 is 0 Å². The molecule has 254 valence electrons. The SMILES string of the molecule is O=C(NC1C(=O)N2C=C(CSc3nnnn3CC(O)C(=O)O)CS[C@H]12)C(=NOCc1ccc(F)cc1)c1csc(NC(=O)C(F)(F)F)n1. The van der Waals surface area contributed by atoms with E-state index in [1.807, 2.05) is 0 Å². The second-order valence-corrected chi connectivity index (χ2v) is 12.7. The molecule has 5 rings (SSSR count). The monoisotopic (exact) mass is 731 g/mol. The molecule has 0 spiro atoms. The zero-order chi connectivity index (χ0) is 34.6. The number of nitrogens with one attached hydrogen (secondary N) is 2. The lowest BCUT2D eigenvalue weighted by atomic mass is 10.1. The summed E-state index contributed by atoms with van der Waals surface area (Å²) in [5.74, 6) is -4.85. The number of halogens is 4. The molecule has 4 heterocycles. The van der Waals surface area contributed by atoms with Gasteiger partial charge in [-0.2, -0.15) is 13.2 Å². The van der Waals surface area contributed by atoms with Crippen LogP contribution in [0.25, 0.3) is 0 Å². The Balaban J connectivity index is 1.24. The van der Waals surface area contributed by atoms with Crippen LogP contribution in [0.1, 0.15) is 11.3 Å². The highest BCUT2D eigenvalue weighted by molar-refractivity contribution is 8.01. The number of amides is 3. The van der Waals surface area contributed by atoms with Gasteiger partial charge in [0.1, 0.15) is 29.5 Å². The van der Waals surface area contributed by atoms with E-state index < -0.39 is 64.0 Å². The number of hydrogen-bond acceptors (Lipinski definition) is 14. The number of aliphatic hydroxyl groups is 1. The Morgan fingerprint density at radius 3 is 2.69 bits per heavy atom. The van der Waals surface area contributed by atoms with Gasteiger partial charge in [-0.25, -0.2) is 18.9 Å². The minimum absolute atomic E-state index is 0.217. The van der Waals surface area contributed by atoms with Gasteiger partial charge in [0.05, 0.1) is 6.54 Å². The highest BCUT2D eigenvalue weighted by Crippen LogP contribution is 2.37. The maximum Gasteiger partial charge on any atom is 0.471 e. The van der Waals surface area contributed by atoms with Crippen LogP contribution in [-0.4, -0.2) is 105 Å². The third kappa shape index (κ3) is 8.26. The summed E-state index contributed by atoms with van der Waals surface area (Å²) in [5.41, 5.74) is 0.535. The Labute approximate surface area is 278 Å². The molecule has 3 amide bonds. The number of fused-ring (bicyclic) bond motifs is 1. The number of oxime groups is 1. The molecule has 0 saturated carbocycles. The first-order valence-corrected chi connectivity index (χ1v) is 16.2. The fraction of sp³-hybridized carbons (Fsp3) is 0.320. The summed E-state index contributed by atoms with van der Waals surface area (Å²) in [7, 11) is 0. The van der Waals surface area contributed by atoms with Crippen molar-refractivity contribution < 1.29 is 51.8 Å². The number of aliphatic hydroxyl groups excluding tert-OH is 1. The van der Waals surface area contributed by atoms with Gasteiger partial charge in [-0.1, -0.05) is 29.1 Å². The molecule has 3 aromatic rings. The second kappa shape index (κ2) is 14.7. The molecule has 1 aromatic carbocycles. The zero-order valence-electron chi connectivity index (χ0n) is 23.8. The van der Waals surface area contributed by atoms with Gasteiger partial charge in [0.25, 0.3) is 11.8 Å². The molecule has 0 aliphatic carbocycles. The molecular weight excluding hydrogens is 711 g/mol. The number of carboxylic acid groups (broad SMARTS) is 1. The summed E-state index contributed by atoms with van der Waals surface area (Å²) in [6.07, 6.45) is -5.28. The third-order valence-electron chi connectivity index (χ3n) is 6.38. The third-order valence-corrected chi connectivity index (χ3v) is 9.59. The molecule has 1 fully saturated rings. The minimum Gasteiger partial charge on any atom is -0.479 e. The summed E-state index contributed by atoms with van der Waals surface area (Å²) in [6.45, 7) is -0.578. The molecule has 0 bridgehead atoms. The van der Waals surface area contributed by atoms with E-state index in [9.17, 15) is 41.8 Å². The number of carbonyl (C=O) groups excluding carboxylic acids is 3. The van der Waals surface area contributed by atoms with Crippen LogP contribution in [0.3, 0.4) is 0 Å². The molecule has 16 nitrogen and oxygen atoms in total. The lowest BCUT2D eigenvalue weighted by Crippen LogP contribution is -2.69. The normalized spacial score (nSPS) is 18.4. The van der Waals surface area contributed by atoms with Crippen LogP contribution in [0, 0.1) is 5.82 Å². The van der Waals surface area contributed by atoms with Crippen LogP contribution >= 0.6 is 34.9 Å². The Morgan fingerprint density at radius 2 is 1.98 bits per heavy atom. The minimum atomic E-state index is -5.18. The van der Waals surface area contributed by atoms with Gasteiger partial charge in [-0.05, 0) is 33.7 Å². The number of nitrogens with zero attached hydrogens (tertiary/aromatic N) is 7. The van der Waals surface area contributed by atoms with Crippen molar-refractivity contribution >= 4 is 69.4 Å². The van der Waals surface area contributed by atoms with E-state index in [1.165, 1.54) is 46.3 Å². The van der Waals surface area contributed by atoms with Gasteiger partial charge in [-0.3, -0.25) is 19.7 Å². The van der Waals surface area contributed by atoms with E-state index in [2.05, 4.69) is 31.0 Å². The summed E-state index contributed by atoms with van der Waals surface area (Å²) in [4.78, 5) is 59.1. The largest absolute Gasteiger partial charge is 0.479 e. The molecular formula is C25H21F4N9O7S3. The number of anilines is 1. The fourth-order valence-electron chi connectivity index (χ4n) is 4.03. The molecule has 48 heavy (non-hydrogen) atoms. The van der Waals surface area contributed by atoms with Gasteiger partial charge < -0.3 is 25.3 Å². The number of aromatic nitrogens is 5. The number of β-lactam (4-membered cyclic amide) rings is 1. The van der Waals surface area contributed by atoms with Gasteiger partial charge in [0, 0.05) is 23.1 Å². The Kier molecular flexibility index (Phi) is 10.6. The molecule has 2 unspecified atom stereocenters. The predicted octanol–water partition coefficient (Wildman–Crippen LogP) is 1.21. The topological polar surface area (TPSA) is 214 Å². The molecule has 3 atom stereocenters. The van der Waals surface area contributed by atoms with Crippen molar-refractivity contribution in [2.75, 3.05) is 16.8 Å². The standard InChI is InChI=1S/C25H21F4N9O7S3/c26-13-3-1-11(2-4-13)7-45-34-16(14-10-47-23(30-14)32-22(44)25(27,28)29)18(40)31-17-19(41)37-5-12(8-46-20(17)37)9-48-24-33-35-36-38(24)6-15(39)21(42)43/h1-5,10,15,17,20,39H,6-9H2,(H,31,40)(H,42,43)(H,30,32,44)/t15?,17?,20-/m1/s1. The van der Waals surface area contributed by atoms with Crippen molar-refractivity contribution in [3.8, 4) is 0 Å². The number of thioether (sulfide) groups is 2. The van der Waals surface area contributed by atoms with Crippen molar-refractivity contribution in [1.82, 2.24) is 35.4 Å². The molecule has 0 radical (unpaired) electrons. The lowest BCUT2D eigenvalue weighted by molar-refractivity contribution is -0.167. The van der Waals surface area contributed by atoms with Crippen molar-refractivity contribution in [1.29, 1.82) is 0 Å². The van der Waals surface area contributed by atoms with E-state index in [4.69, 9.17) is 9.94 Å². The van der Waals surface area contributed by atoms with Crippen molar-refractivity contribution in [3.63, 3.8) is 0 Å². The lowest BCUT2D eigenvalue weighted by Gasteiger charge is -2.47. The van der Waals surface area contributed by atoms with Crippen molar-refractivity contribution in [2.45, 2.75) is 42.0 Å². The number of benzene rings is 1. The molecule has 4 N–H and O–H groups in total. The first-order valence-electron chi connectivity index (χ1n) is 13.3. The number of aliphatic carboxylic acids is 1. The first kappa shape index (κ1) is 34.7. The van der Waals surface area contributed by atoms with Crippen molar-refractivity contribution in [3.05, 3.63) is 58.5 Å². The van der Waals surface area contributed by atoms with Gasteiger partial charge >= 0.3 is 18.1 Å². The highest BCUT2D eigenvalue weighted by Gasteiger charge is 2.50. The van der Waals surface area contributed by atoms with Crippen LogP contribution in [-0.2, 0) is 37.2 Å². The van der Waals surface area contributed by atoms with Gasteiger partial charge in [0.2, 0.25) is 5.16 Å². The second-order valence-electron chi connectivity index (χ2n) is 9.80. The number of rotatable bonds is 13. The number of thiazole rings is 1. The van der Waals surface area contributed by atoms with Gasteiger partial charge in [-0.15, -0.1) is 28.2 Å². The molecule has 1 saturated heterocycles. The smallest absolute Gasteiger partial charge is 0.471 e. The maximum absolute atomic E-state index is 13.3. The number of tetrazole rings is 1. The summed E-state index contributed by atoms with van der Waals surface area (Å²) >= 11 is 3.09. The number of carboxylic acids is 1. The molecule has 2 aliphatic heterocycles. The Morgan fingerprint density at radius 1 is 1.23 bits per heavy atom. The van der Waals surface area contributed by atoms with E-state index in [0.717, 1.165) is 22.0 Å². The number of alkyl halides is 3. The van der Waals surface area contributed by atoms with Gasteiger partial charge in [0.15, 0.2) is 16.9 Å². The Hall–Kier alpha value is -4.61. The summed E-state index contributed by atoms with van der Waals surface area (Å²) in [6, 6.07) is 4.16. The average Bonchev–Trinajstić information content (AvgIpc) is 3.70. The maximum atomic E-state index is 13.3. The number of hydrogen-bond donors (Lipinski definition) is 4. The average molecular weight is 732 g/mol. The quantitative estimate of drug-likeness (QED) is 0.0641. The predicted molar refractivity (Wildman–Crippen MR) is 160 cm³/mol. The fourth-order valence-corrected chi connectivity index (χ4v) is 6.95. The first-order chi connectivity index (χ1) is 22.8. The molecule has 2 aromatic heterocycles. The van der Waals surface area contributed by atoms with E-state index in [-0.39, 0.29) is 24.0 Å². The Bertz CT molecular complexity index is 1770. The van der Waals surface area contributed by atoms with Crippen molar-refractivity contribution in [2.24, 2.45) is 5.16 Å². The highest BCUT2D eigenvalue weighted by atomic mass is 32.2. The number of carbonyl (C=O) groups is 4. The zero-order valence-corrected chi connectivity index (χ0v) is 26.3. The summed E-state index contributed by atoms with van der Waals surface area (Å²) < 4.78 is 52.5. The summed E-state index contributed by atoms with van der Waals surface area (Å²) in [5, 5.41) is 37.9. The van der Waals surface area contributed by atoms with E-state index in [0.29, 0.717) is 28.4 Å². The van der Waals surface area contributed by atoms with Crippen LogP contribution in [0.15, 0.2) is 51.7 Å². The molecule has 23 heteroatoms. The van der Waals surface area contributed by atoms with E-state index in [1.54, 1.807) is 11.5 Å². The molecule has 2 aliphatic rings. The van der Waals surface area contributed by atoms with Crippen LogP contribution in [0.4, 0.5) is 22.7 Å². The van der Waals surface area contributed by atoms with Crippen LogP contribution in [0.2, 0.25) is 0 Å². The van der Waals surface area contributed by atoms with Crippen LogP contribution < -0.4 is 10.6 Å².